The molecular weight excluding hydrogens is 288 g/mol. The maximum atomic E-state index is 11.6. The second kappa shape index (κ2) is 8.03. The number of alkyl halides is 1. The van der Waals surface area contributed by atoms with Gasteiger partial charge in [0.2, 0.25) is 5.56 Å². The average molecular weight is 303 g/mol. The molecule has 0 saturated carbocycles. The molecule has 0 atom stereocenters. The lowest BCUT2D eigenvalue weighted by Crippen LogP contribution is -2.26. The van der Waals surface area contributed by atoms with Gasteiger partial charge in [-0.2, -0.15) is 0 Å². The van der Waals surface area contributed by atoms with Crippen LogP contribution in [0.3, 0.4) is 0 Å². The zero-order valence-corrected chi connectivity index (χ0v) is 11.0. The summed E-state index contributed by atoms with van der Waals surface area (Å²) < 4.78 is 5.24. The van der Waals surface area contributed by atoms with E-state index < -0.39 is 0 Å². The van der Waals surface area contributed by atoms with Gasteiger partial charge in [-0.3, -0.25) is 9.59 Å². The Morgan fingerprint density at radius 1 is 1.47 bits per heavy atom. The summed E-state index contributed by atoms with van der Waals surface area (Å²) in [4.78, 5) is 25.0. The highest BCUT2D eigenvalue weighted by atomic mass is 79.9. The number of hydrogen-bond donors (Lipinski definition) is 2. The van der Waals surface area contributed by atoms with Crippen LogP contribution in [0.4, 0.5) is 0 Å². The minimum Gasteiger partial charge on any atom is -0.381 e. The normalized spacial score (nSPS) is 10.2. The third kappa shape index (κ3) is 5.65. The third-order valence-electron chi connectivity index (χ3n) is 2.01. The van der Waals surface area contributed by atoms with Crippen LogP contribution in [0.2, 0.25) is 0 Å². The predicted octanol–water partition coefficient (Wildman–Crippen LogP) is 0.906. The highest BCUT2D eigenvalue weighted by molar-refractivity contribution is 9.09. The van der Waals surface area contributed by atoms with Crippen LogP contribution in [0.25, 0.3) is 0 Å². The van der Waals surface area contributed by atoms with Crippen LogP contribution in [0.5, 0.6) is 0 Å². The van der Waals surface area contributed by atoms with E-state index in [1.807, 2.05) is 0 Å². The number of nitrogens with one attached hydrogen (secondary N) is 2. The lowest BCUT2D eigenvalue weighted by Gasteiger charge is -2.05. The minimum atomic E-state index is -0.279. The van der Waals surface area contributed by atoms with Gasteiger partial charge in [0.1, 0.15) is 0 Å². The molecule has 0 aliphatic heterocycles. The molecule has 0 bridgehead atoms. The van der Waals surface area contributed by atoms with E-state index in [-0.39, 0.29) is 11.5 Å². The van der Waals surface area contributed by atoms with Crippen LogP contribution in [-0.2, 0) is 4.74 Å². The molecule has 0 aromatic carbocycles. The van der Waals surface area contributed by atoms with Crippen molar-refractivity contribution in [3.8, 4) is 0 Å². The van der Waals surface area contributed by atoms with Crippen molar-refractivity contribution in [3.05, 3.63) is 34.2 Å². The summed E-state index contributed by atoms with van der Waals surface area (Å²) in [5.41, 5.74) is 0.0911. The maximum absolute atomic E-state index is 11.6. The minimum absolute atomic E-state index is 0.239. The molecule has 2 N–H and O–H groups in total. The molecule has 1 aromatic rings. The van der Waals surface area contributed by atoms with Gasteiger partial charge in [-0.05, 0) is 12.5 Å². The first kappa shape index (κ1) is 13.9. The second-order valence-corrected chi connectivity index (χ2v) is 4.15. The highest BCUT2D eigenvalue weighted by Crippen LogP contribution is 1.93. The molecule has 6 heteroatoms. The van der Waals surface area contributed by atoms with Crippen molar-refractivity contribution in [2.75, 3.05) is 25.1 Å². The van der Waals surface area contributed by atoms with Gasteiger partial charge >= 0.3 is 0 Å². The predicted molar refractivity (Wildman–Crippen MR) is 68.6 cm³/mol. The summed E-state index contributed by atoms with van der Waals surface area (Å²) in [5.74, 6) is -0.239. The number of ether oxygens (including phenoxy) is 1. The highest BCUT2D eigenvalue weighted by Gasteiger charge is 2.04. The van der Waals surface area contributed by atoms with Gasteiger partial charge < -0.3 is 15.0 Å². The Hall–Kier alpha value is -1.14. The first-order valence-electron chi connectivity index (χ1n) is 5.34. The SMILES string of the molecule is O=C(NCCCOCCBr)c1cc[nH]c(=O)c1. The monoisotopic (exact) mass is 302 g/mol. The molecule has 17 heavy (non-hydrogen) atoms. The van der Waals surface area contributed by atoms with Gasteiger partial charge in [0.15, 0.2) is 0 Å². The van der Waals surface area contributed by atoms with Crippen molar-refractivity contribution >= 4 is 21.8 Å². The summed E-state index contributed by atoms with van der Waals surface area (Å²) in [6, 6.07) is 2.84. The summed E-state index contributed by atoms with van der Waals surface area (Å²) in [7, 11) is 0. The van der Waals surface area contributed by atoms with Crippen LogP contribution in [0.15, 0.2) is 23.1 Å². The number of carbonyl (C=O) groups is 1. The van der Waals surface area contributed by atoms with Crippen molar-refractivity contribution in [1.29, 1.82) is 0 Å². The fourth-order valence-electron chi connectivity index (χ4n) is 1.22. The quantitative estimate of drug-likeness (QED) is 0.581. The van der Waals surface area contributed by atoms with Gasteiger partial charge in [0.05, 0.1) is 6.61 Å². The number of aromatic amines is 1. The van der Waals surface area contributed by atoms with E-state index in [9.17, 15) is 9.59 Å². The summed E-state index contributed by atoms with van der Waals surface area (Å²) in [6.07, 6.45) is 2.21. The Labute approximate surface area is 108 Å². The number of H-pyrrole nitrogens is 1. The lowest BCUT2D eigenvalue weighted by molar-refractivity contribution is 0.0944. The largest absolute Gasteiger partial charge is 0.381 e. The number of pyridine rings is 1. The third-order valence-corrected chi connectivity index (χ3v) is 2.33. The molecular formula is C11H15BrN2O3. The molecule has 5 nitrogen and oxygen atoms in total. The van der Waals surface area contributed by atoms with Crippen LogP contribution in [0, 0.1) is 0 Å². The van der Waals surface area contributed by atoms with Gasteiger partial charge in [-0.25, -0.2) is 0 Å². The molecule has 0 saturated heterocycles. The van der Waals surface area contributed by atoms with Crippen LogP contribution >= 0.6 is 15.9 Å². The molecule has 0 radical (unpaired) electrons. The van der Waals surface area contributed by atoms with E-state index >= 15 is 0 Å². The van der Waals surface area contributed by atoms with Crippen LogP contribution in [0.1, 0.15) is 16.8 Å². The number of carbonyl (C=O) groups excluding carboxylic acids is 1. The van der Waals surface area contributed by atoms with Crippen molar-refractivity contribution in [3.63, 3.8) is 0 Å². The van der Waals surface area contributed by atoms with Gasteiger partial charge in [0, 0.05) is 36.3 Å². The summed E-state index contributed by atoms with van der Waals surface area (Å²) in [6.45, 7) is 1.82. The molecule has 0 aliphatic rings. The first-order valence-corrected chi connectivity index (χ1v) is 6.47. The molecule has 0 aliphatic carbocycles. The van der Waals surface area contributed by atoms with E-state index in [2.05, 4.69) is 26.2 Å². The van der Waals surface area contributed by atoms with E-state index in [1.165, 1.54) is 12.3 Å². The molecule has 0 spiro atoms. The molecule has 0 unspecified atom stereocenters. The number of aromatic nitrogens is 1. The Balaban J connectivity index is 2.24. The molecule has 94 valence electrons. The number of amides is 1. The summed E-state index contributed by atoms with van der Waals surface area (Å²) >= 11 is 3.25. The molecule has 1 aromatic heterocycles. The smallest absolute Gasteiger partial charge is 0.251 e. The second-order valence-electron chi connectivity index (χ2n) is 3.35. The topological polar surface area (TPSA) is 71.2 Å². The van der Waals surface area contributed by atoms with Gasteiger partial charge in [-0.15, -0.1) is 0 Å². The molecule has 1 amide bonds. The zero-order valence-electron chi connectivity index (χ0n) is 9.37. The van der Waals surface area contributed by atoms with Crippen molar-refractivity contribution in [1.82, 2.24) is 10.3 Å². The Morgan fingerprint density at radius 3 is 3.00 bits per heavy atom. The average Bonchev–Trinajstić information content (AvgIpc) is 2.33. The number of halogens is 1. The molecule has 1 rings (SSSR count). The van der Waals surface area contributed by atoms with Gasteiger partial charge in [-0.1, -0.05) is 15.9 Å². The van der Waals surface area contributed by atoms with E-state index in [0.717, 1.165) is 11.8 Å². The standard InChI is InChI=1S/C11H15BrN2O3/c12-3-7-17-6-1-4-14-11(16)9-2-5-13-10(15)8-9/h2,5,8H,1,3-4,6-7H2,(H,13,15)(H,14,16). The van der Waals surface area contributed by atoms with Crippen LogP contribution < -0.4 is 10.9 Å². The lowest BCUT2D eigenvalue weighted by atomic mass is 10.2. The van der Waals surface area contributed by atoms with Crippen LogP contribution in [-0.4, -0.2) is 36.0 Å². The van der Waals surface area contributed by atoms with Crippen molar-refractivity contribution in [2.45, 2.75) is 6.42 Å². The molecule has 0 fully saturated rings. The first-order chi connectivity index (χ1) is 8.24. The van der Waals surface area contributed by atoms with Gasteiger partial charge in [0.25, 0.3) is 5.91 Å². The Kier molecular flexibility index (Phi) is 6.57. The summed E-state index contributed by atoms with van der Waals surface area (Å²) in [5, 5.41) is 3.53. The maximum Gasteiger partial charge on any atom is 0.251 e. The van der Waals surface area contributed by atoms with Crippen molar-refractivity contribution < 1.29 is 9.53 Å². The van der Waals surface area contributed by atoms with E-state index in [0.29, 0.717) is 25.3 Å². The number of rotatable bonds is 7. The number of hydrogen-bond acceptors (Lipinski definition) is 3. The zero-order chi connectivity index (χ0) is 12.5. The van der Waals surface area contributed by atoms with Crippen molar-refractivity contribution in [2.24, 2.45) is 0 Å². The molecule has 1 heterocycles. The Bertz CT molecular complexity index is 406. The Morgan fingerprint density at radius 2 is 2.29 bits per heavy atom. The van der Waals surface area contributed by atoms with E-state index in [4.69, 9.17) is 4.74 Å². The fourth-order valence-corrected chi connectivity index (χ4v) is 1.45. The van der Waals surface area contributed by atoms with E-state index in [1.54, 1.807) is 6.07 Å². The fraction of sp³-hybridized carbons (Fsp3) is 0.455.